The molecule has 0 saturated heterocycles. The lowest BCUT2D eigenvalue weighted by Crippen LogP contribution is -2.40. The maximum atomic E-state index is 9.34. The van der Waals surface area contributed by atoms with E-state index >= 15 is 0 Å². The lowest BCUT2D eigenvalue weighted by atomic mass is 9.84. The van der Waals surface area contributed by atoms with Crippen molar-refractivity contribution in [1.29, 1.82) is 5.26 Å². The SMILES string of the molecule is CSC1(CNc2nc3c(cc2C#N)CCCC3)CCC1. The number of fused-ring (bicyclic) bond motifs is 1. The van der Waals surface area contributed by atoms with E-state index in [9.17, 15) is 5.26 Å². The predicted octanol–water partition coefficient (Wildman–Crippen LogP) is 3.53. The molecule has 1 aromatic rings. The first-order chi connectivity index (χ1) is 9.76. The highest BCUT2D eigenvalue weighted by atomic mass is 32.2. The summed E-state index contributed by atoms with van der Waals surface area (Å²) in [5.74, 6) is 0.800. The van der Waals surface area contributed by atoms with E-state index in [1.54, 1.807) is 0 Å². The molecule has 1 fully saturated rings. The number of aryl methyl sites for hydroxylation is 2. The van der Waals surface area contributed by atoms with Crippen molar-refractivity contribution in [1.82, 2.24) is 4.98 Å². The monoisotopic (exact) mass is 287 g/mol. The van der Waals surface area contributed by atoms with Gasteiger partial charge in [0.1, 0.15) is 11.9 Å². The van der Waals surface area contributed by atoms with E-state index in [4.69, 9.17) is 4.98 Å². The molecule has 106 valence electrons. The summed E-state index contributed by atoms with van der Waals surface area (Å²) in [5, 5.41) is 12.8. The Morgan fingerprint density at radius 1 is 1.35 bits per heavy atom. The van der Waals surface area contributed by atoms with Crippen LogP contribution in [0.4, 0.5) is 5.82 Å². The Bertz CT molecular complexity index is 538. The molecule has 1 heterocycles. The molecule has 3 nitrogen and oxygen atoms in total. The Morgan fingerprint density at radius 3 is 2.80 bits per heavy atom. The maximum Gasteiger partial charge on any atom is 0.144 e. The summed E-state index contributed by atoms with van der Waals surface area (Å²) in [4.78, 5) is 4.74. The minimum absolute atomic E-state index is 0.365. The fourth-order valence-corrected chi connectivity index (χ4v) is 4.04. The fraction of sp³-hybridized carbons (Fsp3) is 0.625. The number of nitrogens with one attached hydrogen (secondary N) is 1. The van der Waals surface area contributed by atoms with Crippen LogP contribution in [0.1, 0.15) is 48.9 Å². The van der Waals surface area contributed by atoms with Gasteiger partial charge in [-0.1, -0.05) is 6.42 Å². The number of thioether (sulfide) groups is 1. The van der Waals surface area contributed by atoms with Gasteiger partial charge in [-0.05, 0) is 56.4 Å². The van der Waals surface area contributed by atoms with Gasteiger partial charge in [-0.3, -0.25) is 0 Å². The van der Waals surface area contributed by atoms with Gasteiger partial charge >= 0.3 is 0 Å². The van der Waals surface area contributed by atoms with Crippen LogP contribution in [0.2, 0.25) is 0 Å². The largest absolute Gasteiger partial charge is 0.368 e. The molecule has 2 aliphatic carbocycles. The normalized spacial score (nSPS) is 19.6. The van der Waals surface area contributed by atoms with E-state index in [-0.39, 0.29) is 0 Å². The lowest BCUT2D eigenvalue weighted by molar-refractivity contribution is 0.379. The van der Waals surface area contributed by atoms with Crippen molar-refractivity contribution in [2.45, 2.75) is 49.7 Å². The van der Waals surface area contributed by atoms with Crippen LogP contribution in [0.15, 0.2) is 6.07 Å². The maximum absolute atomic E-state index is 9.34. The third-order valence-corrected chi connectivity index (χ3v) is 6.12. The number of rotatable bonds is 4. The molecule has 1 aromatic heterocycles. The van der Waals surface area contributed by atoms with E-state index in [1.165, 1.54) is 43.4 Å². The first-order valence-electron chi connectivity index (χ1n) is 7.48. The van der Waals surface area contributed by atoms with E-state index < -0.39 is 0 Å². The van der Waals surface area contributed by atoms with Crippen molar-refractivity contribution in [2.24, 2.45) is 0 Å². The molecule has 20 heavy (non-hydrogen) atoms. The number of anilines is 1. The lowest BCUT2D eigenvalue weighted by Gasteiger charge is -2.40. The van der Waals surface area contributed by atoms with E-state index in [0.717, 1.165) is 25.2 Å². The number of nitriles is 1. The molecular formula is C16H21N3S. The Hall–Kier alpha value is -1.21. The smallest absolute Gasteiger partial charge is 0.144 e. The van der Waals surface area contributed by atoms with E-state index in [1.807, 2.05) is 11.8 Å². The summed E-state index contributed by atoms with van der Waals surface area (Å²) in [7, 11) is 0. The zero-order valence-corrected chi connectivity index (χ0v) is 12.9. The highest BCUT2D eigenvalue weighted by molar-refractivity contribution is 8.00. The van der Waals surface area contributed by atoms with Crippen LogP contribution in [0.5, 0.6) is 0 Å². The van der Waals surface area contributed by atoms with Crippen molar-refractivity contribution < 1.29 is 0 Å². The Labute approximate surface area is 125 Å². The molecule has 2 aliphatic rings. The van der Waals surface area contributed by atoms with Crippen LogP contribution >= 0.6 is 11.8 Å². The fourth-order valence-electron chi connectivity index (χ4n) is 3.12. The molecule has 0 amide bonds. The van der Waals surface area contributed by atoms with Crippen molar-refractivity contribution in [3.05, 3.63) is 22.9 Å². The standard InChI is InChI=1S/C16H21N3S/c1-20-16(7-4-8-16)11-18-15-13(10-17)9-12-5-2-3-6-14(12)19-15/h9H,2-8,11H2,1H3,(H,18,19). The predicted molar refractivity (Wildman–Crippen MR) is 84.2 cm³/mol. The third-order valence-electron chi connectivity index (χ3n) is 4.70. The Balaban J connectivity index is 1.80. The van der Waals surface area contributed by atoms with E-state index in [2.05, 4.69) is 23.7 Å². The Kier molecular flexibility index (Phi) is 3.89. The topological polar surface area (TPSA) is 48.7 Å². The summed E-state index contributed by atoms with van der Waals surface area (Å²) in [6.45, 7) is 0.925. The van der Waals surface area contributed by atoms with Crippen LogP contribution in [0.3, 0.4) is 0 Å². The summed E-state index contributed by atoms with van der Waals surface area (Å²) >= 11 is 1.95. The quantitative estimate of drug-likeness (QED) is 0.920. The van der Waals surface area contributed by atoms with Crippen LogP contribution in [-0.4, -0.2) is 22.5 Å². The molecule has 0 unspecified atom stereocenters. The number of aromatic nitrogens is 1. The van der Waals surface area contributed by atoms with Gasteiger partial charge < -0.3 is 5.32 Å². The van der Waals surface area contributed by atoms with Crippen molar-refractivity contribution in [2.75, 3.05) is 18.1 Å². The third kappa shape index (κ3) is 2.52. The molecule has 1 saturated carbocycles. The van der Waals surface area contributed by atoms with Crippen LogP contribution in [-0.2, 0) is 12.8 Å². The summed E-state index contributed by atoms with van der Waals surface area (Å²) < 4.78 is 0.365. The molecule has 3 rings (SSSR count). The molecule has 0 bridgehead atoms. The molecule has 0 aliphatic heterocycles. The number of hydrogen-bond acceptors (Lipinski definition) is 4. The zero-order valence-electron chi connectivity index (χ0n) is 12.0. The van der Waals surface area contributed by atoms with Crippen LogP contribution < -0.4 is 5.32 Å². The first-order valence-corrected chi connectivity index (χ1v) is 8.71. The minimum atomic E-state index is 0.365. The van der Waals surface area contributed by atoms with Gasteiger partial charge in [0.25, 0.3) is 0 Å². The molecule has 4 heteroatoms. The van der Waals surface area contributed by atoms with Gasteiger partial charge in [0.05, 0.1) is 5.56 Å². The van der Waals surface area contributed by atoms with Gasteiger partial charge in [-0.2, -0.15) is 17.0 Å². The summed E-state index contributed by atoms with van der Waals surface area (Å²) in [6.07, 6.45) is 10.6. The van der Waals surface area contributed by atoms with Gasteiger partial charge in [0, 0.05) is 17.0 Å². The zero-order chi connectivity index (χ0) is 14.0. The van der Waals surface area contributed by atoms with Gasteiger partial charge in [-0.25, -0.2) is 4.98 Å². The van der Waals surface area contributed by atoms with Crippen LogP contribution in [0.25, 0.3) is 0 Å². The van der Waals surface area contributed by atoms with E-state index in [0.29, 0.717) is 10.3 Å². The molecule has 0 atom stereocenters. The van der Waals surface area contributed by atoms with Crippen LogP contribution in [0, 0.1) is 11.3 Å². The van der Waals surface area contributed by atoms with Gasteiger partial charge in [0.15, 0.2) is 0 Å². The summed E-state index contributed by atoms with van der Waals surface area (Å²) in [6, 6.07) is 4.36. The number of hydrogen-bond donors (Lipinski definition) is 1. The molecule has 0 radical (unpaired) electrons. The number of nitrogens with zero attached hydrogens (tertiary/aromatic N) is 2. The molecule has 0 aromatic carbocycles. The van der Waals surface area contributed by atoms with Crippen molar-refractivity contribution >= 4 is 17.6 Å². The minimum Gasteiger partial charge on any atom is -0.368 e. The summed E-state index contributed by atoms with van der Waals surface area (Å²) in [5.41, 5.74) is 3.19. The van der Waals surface area contributed by atoms with Crippen molar-refractivity contribution in [3.8, 4) is 6.07 Å². The first kappa shape index (κ1) is 13.8. The van der Waals surface area contributed by atoms with Gasteiger partial charge in [0.2, 0.25) is 0 Å². The molecule has 1 N–H and O–H groups in total. The van der Waals surface area contributed by atoms with Gasteiger partial charge in [-0.15, -0.1) is 0 Å². The number of pyridine rings is 1. The molecular weight excluding hydrogens is 266 g/mol. The Morgan fingerprint density at radius 2 is 2.15 bits per heavy atom. The average Bonchev–Trinajstić information content (AvgIpc) is 2.45. The molecule has 0 spiro atoms. The second-order valence-electron chi connectivity index (χ2n) is 5.90. The second kappa shape index (κ2) is 5.65. The highest BCUT2D eigenvalue weighted by Gasteiger charge is 2.36. The average molecular weight is 287 g/mol. The van der Waals surface area contributed by atoms with Crippen molar-refractivity contribution in [3.63, 3.8) is 0 Å². The second-order valence-corrected chi connectivity index (χ2v) is 7.18. The highest BCUT2D eigenvalue weighted by Crippen LogP contribution is 2.42.